The van der Waals surface area contributed by atoms with E-state index in [4.69, 9.17) is 0 Å². The number of likely N-dealkylation sites (N-methyl/N-ethyl adjacent to an activating group) is 1. The molecule has 0 aliphatic rings. The zero-order valence-electron chi connectivity index (χ0n) is 12.4. The predicted octanol–water partition coefficient (Wildman–Crippen LogP) is 2.29. The number of anilines is 1. The lowest BCUT2D eigenvalue weighted by molar-refractivity contribution is 0.102. The molecular formula is C16H20N4O. The minimum atomic E-state index is -0.128. The van der Waals surface area contributed by atoms with Gasteiger partial charge in [0.2, 0.25) is 0 Å². The minimum Gasteiger partial charge on any atom is -0.319 e. The van der Waals surface area contributed by atoms with Crippen molar-refractivity contribution in [2.24, 2.45) is 7.05 Å². The van der Waals surface area contributed by atoms with E-state index in [0.717, 1.165) is 18.7 Å². The summed E-state index contributed by atoms with van der Waals surface area (Å²) >= 11 is 0. The summed E-state index contributed by atoms with van der Waals surface area (Å²) < 4.78 is 1.65. The fourth-order valence-electron chi connectivity index (χ4n) is 2.10. The van der Waals surface area contributed by atoms with E-state index in [-0.39, 0.29) is 5.91 Å². The molecule has 0 spiro atoms. The molecular weight excluding hydrogens is 264 g/mol. The molecule has 0 radical (unpaired) electrons. The van der Waals surface area contributed by atoms with Gasteiger partial charge in [-0.25, -0.2) is 0 Å². The van der Waals surface area contributed by atoms with Crippen molar-refractivity contribution in [1.29, 1.82) is 0 Å². The van der Waals surface area contributed by atoms with Gasteiger partial charge in [0.05, 0.1) is 11.9 Å². The molecule has 1 N–H and O–H groups in total. The van der Waals surface area contributed by atoms with Crippen molar-refractivity contribution in [3.05, 3.63) is 60.4 Å². The number of nitrogens with one attached hydrogen (secondary N) is 1. The van der Waals surface area contributed by atoms with Crippen LogP contribution in [0.3, 0.4) is 0 Å². The van der Waals surface area contributed by atoms with E-state index in [0.29, 0.717) is 11.3 Å². The first-order valence-corrected chi connectivity index (χ1v) is 6.77. The van der Waals surface area contributed by atoms with Crippen molar-refractivity contribution in [3.8, 4) is 0 Å². The lowest BCUT2D eigenvalue weighted by atomic mass is 10.1. The molecule has 1 aromatic carbocycles. The van der Waals surface area contributed by atoms with Crippen molar-refractivity contribution in [2.45, 2.75) is 6.54 Å². The fraction of sp³-hybridized carbons (Fsp3) is 0.250. The number of rotatable bonds is 6. The Balaban J connectivity index is 2.05. The number of hydrogen-bond donors (Lipinski definition) is 1. The Labute approximate surface area is 124 Å². The minimum absolute atomic E-state index is 0.128. The van der Waals surface area contributed by atoms with Crippen LogP contribution < -0.4 is 5.32 Å². The van der Waals surface area contributed by atoms with Gasteiger partial charge in [-0.3, -0.25) is 14.4 Å². The van der Waals surface area contributed by atoms with Gasteiger partial charge in [-0.05, 0) is 24.7 Å². The second kappa shape index (κ2) is 6.85. The first-order valence-electron chi connectivity index (χ1n) is 6.77. The van der Waals surface area contributed by atoms with Gasteiger partial charge >= 0.3 is 0 Å². The summed E-state index contributed by atoms with van der Waals surface area (Å²) in [6.07, 6.45) is 5.25. The summed E-state index contributed by atoms with van der Waals surface area (Å²) in [5.41, 5.74) is 2.43. The van der Waals surface area contributed by atoms with Crippen LogP contribution in [0.15, 0.2) is 49.3 Å². The lowest BCUT2D eigenvalue weighted by Gasteiger charge is -2.14. The van der Waals surface area contributed by atoms with Gasteiger partial charge < -0.3 is 5.32 Å². The van der Waals surface area contributed by atoms with Crippen molar-refractivity contribution in [3.63, 3.8) is 0 Å². The van der Waals surface area contributed by atoms with Crippen LogP contribution in [-0.2, 0) is 13.6 Å². The van der Waals surface area contributed by atoms with Gasteiger partial charge in [-0.15, -0.1) is 6.58 Å². The highest BCUT2D eigenvalue weighted by atomic mass is 16.1. The molecule has 0 saturated heterocycles. The van der Waals surface area contributed by atoms with Crippen LogP contribution >= 0.6 is 0 Å². The number of hydrogen-bond acceptors (Lipinski definition) is 3. The highest BCUT2D eigenvalue weighted by Crippen LogP contribution is 2.11. The van der Waals surface area contributed by atoms with E-state index < -0.39 is 0 Å². The zero-order chi connectivity index (χ0) is 15.2. The Morgan fingerprint density at radius 3 is 3.00 bits per heavy atom. The topological polar surface area (TPSA) is 50.2 Å². The maximum absolute atomic E-state index is 12.2. The largest absolute Gasteiger partial charge is 0.319 e. The van der Waals surface area contributed by atoms with Crippen LogP contribution in [0.25, 0.3) is 0 Å². The third-order valence-electron chi connectivity index (χ3n) is 3.05. The number of benzene rings is 1. The molecule has 5 heteroatoms. The summed E-state index contributed by atoms with van der Waals surface area (Å²) in [7, 11) is 3.83. The third-order valence-corrected chi connectivity index (χ3v) is 3.05. The summed E-state index contributed by atoms with van der Waals surface area (Å²) in [5.74, 6) is -0.128. The summed E-state index contributed by atoms with van der Waals surface area (Å²) in [6.45, 7) is 5.31. The number of aryl methyl sites for hydroxylation is 1. The van der Waals surface area contributed by atoms with Gasteiger partial charge in [0.15, 0.2) is 0 Å². The molecule has 0 aliphatic carbocycles. The second-order valence-electron chi connectivity index (χ2n) is 5.04. The first kappa shape index (κ1) is 15.0. The molecule has 1 heterocycles. The maximum atomic E-state index is 12.2. The average Bonchev–Trinajstić information content (AvgIpc) is 2.84. The van der Waals surface area contributed by atoms with E-state index in [9.17, 15) is 4.79 Å². The zero-order valence-corrected chi connectivity index (χ0v) is 12.4. The Hall–Kier alpha value is -2.40. The number of carbonyl (C=O) groups excluding carboxylic acids is 1. The van der Waals surface area contributed by atoms with Crippen molar-refractivity contribution >= 4 is 11.6 Å². The first-order chi connectivity index (χ1) is 10.1. The van der Waals surface area contributed by atoms with Crippen LogP contribution in [0.5, 0.6) is 0 Å². The van der Waals surface area contributed by atoms with Crippen molar-refractivity contribution in [1.82, 2.24) is 14.7 Å². The van der Waals surface area contributed by atoms with Gasteiger partial charge in [-0.1, -0.05) is 18.2 Å². The molecule has 0 bridgehead atoms. The van der Waals surface area contributed by atoms with Crippen molar-refractivity contribution in [2.75, 3.05) is 18.9 Å². The van der Waals surface area contributed by atoms with Crippen LogP contribution in [0.2, 0.25) is 0 Å². The monoisotopic (exact) mass is 284 g/mol. The normalized spacial score (nSPS) is 10.6. The van der Waals surface area contributed by atoms with E-state index >= 15 is 0 Å². The summed E-state index contributed by atoms with van der Waals surface area (Å²) in [5, 5.41) is 6.86. The van der Waals surface area contributed by atoms with Crippen LogP contribution in [0.1, 0.15) is 15.9 Å². The molecule has 1 amide bonds. The predicted molar refractivity (Wildman–Crippen MR) is 84.1 cm³/mol. The molecule has 5 nitrogen and oxygen atoms in total. The number of amides is 1. The van der Waals surface area contributed by atoms with E-state index in [1.54, 1.807) is 17.1 Å². The molecule has 2 rings (SSSR count). The van der Waals surface area contributed by atoms with Gasteiger partial charge in [-0.2, -0.15) is 5.10 Å². The molecule has 0 saturated carbocycles. The lowest BCUT2D eigenvalue weighted by Crippen LogP contribution is -2.18. The number of aromatic nitrogens is 2. The molecule has 110 valence electrons. The second-order valence-corrected chi connectivity index (χ2v) is 5.04. The Kier molecular flexibility index (Phi) is 4.90. The quantitative estimate of drug-likeness (QED) is 0.828. The van der Waals surface area contributed by atoms with Crippen LogP contribution in [0, 0.1) is 0 Å². The molecule has 0 unspecified atom stereocenters. The van der Waals surface area contributed by atoms with Crippen LogP contribution in [0.4, 0.5) is 5.69 Å². The Bertz CT molecular complexity index is 633. The SMILES string of the molecule is C=CCN(C)Cc1cccc(C(=O)Nc2cnn(C)c2)c1. The van der Waals surface area contributed by atoms with E-state index in [1.165, 1.54) is 0 Å². The highest BCUT2D eigenvalue weighted by Gasteiger charge is 2.08. The van der Waals surface area contributed by atoms with Crippen molar-refractivity contribution < 1.29 is 4.79 Å². The Morgan fingerprint density at radius 2 is 2.33 bits per heavy atom. The van der Waals surface area contributed by atoms with Gasteiger partial charge in [0, 0.05) is 31.9 Å². The number of nitrogens with zero attached hydrogens (tertiary/aromatic N) is 3. The number of carbonyl (C=O) groups is 1. The average molecular weight is 284 g/mol. The van der Waals surface area contributed by atoms with Gasteiger partial charge in [0.1, 0.15) is 0 Å². The standard InChI is InChI=1S/C16H20N4O/c1-4-8-19(2)11-13-6-5-7-14(9-13)16(21)18-15-10-17-20(3)12-15/h4-7,9-10,12H,1,8,11H2,2-3H3,(H,18,21). The van der Waals surface area contributed by atoms with Crippen LogP contribution in [-0.4, -0.2) is 34.2 Å². The molecule has 1 aromatic heterocycles. The van der Waals surface area contributed by atoms with E-state index in [1.807, 2.05) is 44.4 Å². The molecule has 0 atom stereocenters. The molecule has 21 heavy (non-hydrogen) atoms. The smallest absolute Gasteiger partial charge is 0.255 e. The molecule has 2 aromatic rings. The van der Waals surface area contributed by atoms with E-state index in [2.05, 4.69) is 21.9 Å². The molecule has 0 aliphatic heterocycles. The summed E-state index contributed by atoms with van der Waals surface area (Å²) in [4.78, 5) is 14.3. The molecule has 0 fully saturated rings. The summed E-state index contributed by atoms with van der Waals surface area (Å²) in [6, 6.07) is 7.63. The highest BCUT2D eigenvalue weighted by molar-refractivity contribution is 6.04. The van der Waals surface area contributed by atoms with Gasteiger partial charge in [0.25, 0.3) is 5.91 Å². The third kappa shape index (κ3) is 4.29. The fourth-order valence-corrected chi connectivity index (χ4v) is 2.10. The maximum Gasteiger partial charge on any atom is 0.255 e. The Morgan fingerprint density at radius 1 is 1.52 bits per heavy atom.